The van der Waals surface area contributed by atoms with Gasteiger partial charge in [-0.2, -0.15) is 0 Å². The third-order valence-corrected chi connectivity index (χ3v) is 3.44. The quantitative estimate of drug-likeness (QED) is 0.855. The van der Waals surface area contributed by atoms with Crippen molar-refractivity contribution in [2.75, 3.05) is 11.4 Å². The van der Waals surface area contributed by atoms with Crippen molar-refractivity contribution in [3.8, 4) is 0 Å². The minimum atomic E-state index is -0.618. The summed E-state index contributed by atoms with van der Waals surface area (Å²) >= 11 is 9.26. The number of β-amino-alcohol motifs (C(OH)–C–C–N with tert-alkyl or cyclic N) is 1. The second-order valence-corrected chi connectivity index (χ2v) is 4.55. The summed E-state index contributed by atoms with van der Waals surface area (Å²) in [6.07, 6.45) is 2.60. The lowest BCUT2D eigenvalue weighted by atomic mass is 10.3. The molecule has 6 heteroatoms. The fourth-order valence-corrected chi connectivity index (χ4v) is 2.04. The monoisotopic (exact) mass is 290 g/mol. The van der Waals surface area contributed by atoms with Crippen LogP contribution in [0.2, 0.25) is 5.02 Å². The Bertz CT molecular complexity index is 413. The minimum Gasteiger partial charge on any atom is -0.391 e. The Labute approximate surface area is 100.0 Å². The van der Waals surface area contributed by atoms with E-state index in [2.05, 4.69) is 20.9 Å². The van der Waals surface area contributed by atoms with E-state index in [1.54, 1.807) is 6.20 Å². The van der Waals surface area contributed by atoms with Crippen molar-refractivity contribution in [3.05, 3.63) is 21.9 Å². The average Bonchev–Trinajstić information content (AvgIpc) is 2.50. The highest BCUT2D eigenvalue weighted by Gasteiger charge is 2.30. The van der Waals surface area contributed by atoms with Gasteiger partial charge in [-0.25, -0.2) is 0 Å². The number of nitrogens with zero attached hydrogens (tertiary/aromatic N) is 2. The van der Waals surface area contributed by atoms with Crippen molar-refractivity contribution >= 4 is 39.1 Å². The Morgan fingerprint density at radius 1 is 1.60 bits per heavy atom. The zero-order valence-corrected chi connectivity index (χ0v) is 9.99. The SMILES string of the molecule is O=C1CC(O)CN1c1cncc(Br)c1Cl. The smallest absolute Gasteiger partial charge is 0.229 e. The summed E-state index contributed by atoms with van der Waals surface area (Å²) in [4.78, 5) is 16.9. The standard InChI is InChI=1S/C9H8BrClN2O2/c10-6-2-12-3-7(9(6)11)13-4-5(14)1-8(13)15/h2-3,5,14H,1,4H2. The van der Waals surface area contributed by atoms with E-state index in [1.165, 1.54) is 11.1 Å². The zero-order chi connectivity index (χ0) is 11.0. The van der Waals surface area contributed by atoms with Crippen LogP contribution in [0, 0.1) is 0 Å². The first kappa shape index (κ1) is 10.9. The number of aliphatic hydroxyl groups excluding tert-OH is 1. The Hall–Kier alpha value is -0.650. The van der Waals surface area contributed by atoms with Gasteiger partial charge in [-0.15, -0.1) is 0 Å². The van der Waals surface area contributed by atoms with Crippen LogP contribution in [0.4, 0.5) is 5.69 Å². The van der Waals surface area contributed by atoms with E-state index >= 15 is 0 Å². The van der Waals surface area contributed by atoms with Gasteiger partial charge in [0, 0.05) is 6.20 Å². The minimum absolute atomic E-state index is 0.135. The van der Waals surface area contributed by atoms with E-state index in [0.717, 1.165) is 0 Å². The summed E-state index contributed by atoms with van der Waals surface area (Å²) in [5, 5.41) is 9.79. The molecule has 0 aliphatic carbocycles. The Kier molecular flexibility index (Phi) is 2.95. The summed E-state index contributed by atoms with van der Waals surface area (Å²) in [7, 11) is 0. The molecule has 1 N–H and O–H groups in total. The molecule has 1 aromatic rings. The molecule has 0 spiro atoms. The number of hydrogen-bond donors (Lipinski definition) is 1. The van der Waals surface area contributed by atoms with Gasteiger partial charge in [0.2, 0.25) is 5.91 Å². The topological polar surface area (TPSA) is 53.4 Å². The molecule has 80 valence electrons. The van der Waals surface area contributed by atoms with Crippen molar-refractivity contribution in [1.82, 2.24) is 4.98 Å². The lowest BCUT2D eigenvalue weighted by Gasteiger charge is -2.17. The van der Waals surface area contributed by atoms with Crippen molar-refractivity contribution in [1.29, 1.82) is 0 Å². The first-order chi connectivity index (χ1) is 7.09. The third kappa shape index (κ3) is 2.00. The van der Waals surface area contributed by atoms with Gasteiger partial charge < -0.3 is 10.0 Å². The number of anilines is 1. The van der Waals surface area contributed by atoms with Crippen LogP contribution in [-0.4, -0.2) is 28.6 Å². The van der Waals surface area contributed by atoms with Crippen LogP contribution in [0.15, 0.2) is 16.9 Å². The van der Waals surface area contributed by atoms with Gasteiger partial charge in [0.15, 0.2) is 0 Å². The van der Waals surface area contributed by atoms with Crippen molar-refractivity contribution < 1.29 is 9.90 Å². The Balaban J connectivity index is 2.38. The van der Waals surface area contributed by atoms with E-state index in [0.29, 0.717) is 15.2 Å². The molecule has 15 heavy (non-hydrogen) atoms. The molecule has 1 fully saturated rings. The van der Waals surface area contributed by atoms with Gasteiger partial charge in [-0.3, -0.25) is 9.78 Å². The van der Waals surface area contributed by atoms with Gasteiger partial charge in [-0.1, -0.05) is 11.6 Å². The van der Waals surface area contributed by atoms with Crippen LogP contribution in [0.25, 0.3) is 0 Å². The van der Waals surface area contributed by atoms with E-state index < -0.39 is 6.10 Å². The molecule has 1 saturated heterocycles. The Morgan fingerprint density at radius 2 is 2.33 bits per heavy atom. The summed E-state index contributed by atoms with van der Waals surface area (Å²) in [6.45, 7) is 0.274. The highest BCUT2D eigenvalue weighted by Crippen LogP contribution is 2.33. The van der Waals surface area contributed by atoms with Crippen molar-refractivity contribution in [3.63, 3.8) is 0 Å². The van der Waals surface area contributed by atoms with Crippen LogP contribution >= 0.6 is 27.5 Å². The molecule has 0 aromatic carbocycles. The number of halogens is 2. The molecule has 1 amide bonds. The number of carbonyl (C=O) groups is 1. The van der Waals surface area contributed by atoms with E-state index in [9.17, 15) is 9.90 Å². The van der Waals surface area contributed by atoms with Gasteiger partial charge in [0.05, 0.1) is 40.4 Å². The Morgan fingerprint density at radius 3 is 2.93 bits per heavy atom. The molecular weight excluding hydrogens is 283 g/mol. The van der Waals surface area contributed by atoms with Gasteiger partial charge >= 0.3 is 0 Å². The van der Waals surface area contributed by atoms with Gasteiger partial charge in [0.1, 0.15) is 0 Å². The maximum absolute atomic E-state index is 11.5. The summed E-state index contributed by atoms with van der Waals surface area (Å²) in [6, 6.07) is 0. The molecule has 0 bridgehead atoms. The first-order valence-corrected chi connectivity index (χ1v) is 5.54. The number of amides is 1. The number of aliphatic hydroxyl groups is 1. The van der Waals surface area contributed by atoms with Crippen LogP contribution in [0.3, 0.4) is 0 Å². The predicted octanol–water partition coefficient (Wildman–Crippen LogP) is 1.60. The molecular formula is C9H8BrClN2O2. The van der Waals surface area contributed by atoms with Crippen LogP contribution in [0.1, 0.15) is 6.42 Å². The van der Waals surface area contributed by atoms with E-state index in [4.69, 9.17) is 11.6 Å². The summed E-state index contributed by atoms with van der Waals surface area (Å²) in [5.41, 5.74) is 0.535. The zero-order valence-electron chi connectivity index (χ0n) is 7.65. The van der Waals surface area contributed by atoms with Gasteiger partial charge in [-0.05, 0) is 15.9 Å². The number of carbonyl (C=O) groups excluding carboxylic acids is 1. The fraction of sp³-hybridized carbons (Fsp3) is 0.333. The molecule has 1 aliphatic rings. The number of hydrogen-bond acceptors (Lipinski definition) is 3. The summed E-state index contributed by atoms with van der Waals surface area (Å²) in [5.74, 6) is -0.135. The third-order valence-electron chi connectivity index (χ3n) is 2.21. The van der Waals surface area contributed by atoms with Crippen LogP contribution < -0.4 is 4.90 Å². The number of rotatable bonds is 1. The normalized spacial score (nSPS) is 21.1. The molecule has 0 radical (unpaired) electrons. The predicted molar refractivity (Wildman–Crippen MR) is 59.9 cm³/mol. The summed E-state index contributed by atoms with van der Waals surface area (Å²) < 4.78 is 0.635. The molecule has 2 heterocycles. The average molecular weight is 292 g/mol. The highest BCUT2D eigenvalue weighted by atomic mass is 79.9. The lowest BCUT2D eigenvalue weighted by molar-refractivity contribution is -0.117. The fourth-order valence-electron chi connectivity index (χ4n) is 1.52. The van der Waals surface area contributed by atoms with E-state index in [1.807, 2.05) is 0 Å². The first-order valence-electron chi connectivity index (χ1n) is 4.37. The largest absolute Gasteiger partial charge is 0.391 e. The van der Waals surface area contributed by atoms with Crippen LogP contribution in [-0.2, 0) is 4.79 Å². The second kappa shape index (κ2) is 4.08. The van der Waals surface area contributed by atoms with E-state index in [-0.39, 0.29) is 18.9 Å². The van der Waals surface area contributed by atoms with Crippen LogP contribution in [0.5, 0.6) is 0 Å². The molecule has 0 saturated carbocycles. The molecule has 1 aliphatic heterocycles. The molecule has 1 unspecified atom stereocenters. The molecule has 1 atom stereocenters. The molecule has 1 aromatic heterocycles. The highest BCUT2D eigenvalue weighted by molar-refractivity contribution is 9.10. The molecule has 2 rings (SSSR count). The maximum Gasteiger partial charge on any atom is 0.229 e. The second-order valence-electron chi connectivity index (χ2n) is 3.32. The van der Waals surface area contributed by atoms with Gasteiger partial charge in [0.25, 0.3) is 0 Å². The number of aromatic nitrogens is 1. The maximum atomic E-state index is 11.5. The van der Waals surface area contributed by atoms with Crippen molar-refractivity contribution in [2.45, 2.75) is 12.5 Å². The van der Waals surface area contributed by atoms with Crippen molar-refractivity contribution in [2.24, 2.45) is 0 Å². The lowest BCUT2D eigenvalue weighted by Crippen LogP contribution is -2.25. The number of pyridine rings is 1. The molecule has 4 nitrogen and oxygen atoms in total.